The Bertz CT molecular complexity index is 837. The molecular weight excluding hydrogens is 330 g/mol. The lowest BCUT2D eigenvalue weighted by Gasteiger charge is -2.30. The van der Waals surface area contributed by atoms with E-state index in [2.05, 4.69) is 25.6 Å². The van der Waals surface area contributed by atoms with Gasteiger partial charge in [-0.2, -0.15) is 5.10 Å². The fourth-order valence-corrected chi connectivity index (χ4v) is 3.33. The second-order valence-electron chi connectivity index (χ2n) is 6.58. The molecule has 0 saturated carbocycles. The zero-order valence-electron chi connectivity index (χ0n) is 14.4. The largest absolute Gasteiger partial charge is 0.364 e. The maximum absolute atomic E-state index is 12.6. The zero-order chi connectivity index (χ0) is 17.8. The number of piperidine rings is 1. The van der Waals surface area contributed by atoms with E-state index in [-0.39, 0.29) is 11.8 Å². The van der Waals surface area contributed by atoms with Crippen LogP contribution in [-0.2, 0) is 11.3 Å². The van der Waals surface area contributed by atoms with E-state index in [1.54, 1.807) is 12.5 Å². The molecule has 1 aliphatic rings. The summed E-state index contributed by atoms with van der Waals surface area (Å²) in [7, 11) is 0. The molecule has 2 N–H and O–H groups in total. The first-order valence-electron chi connectivity index (χ1n) is 8.80. The second-order valence-corrected chi connectivity index (χ2v) is 6.58. The Balaban J connectivity index is 1.32. The van der Waals surface area contributed by atoms with Crippen LogP contribution in [0, 0.1) is 5.92 Å². The molecule has 2 aromatic heterocycles. The number of anilines is 1. The lowest BCUT2D eigenvalue weighted by molar-refractivity contribution is -0.121. The molecule has 0 aliphatic carbocycles. The summed E-state index contributed by atoms with van der Waals surface area (Å²) >= 11 is 0. The van der Waals surface area contributed by atoms with E-state index in [9.17, 15) is 4.79 Å². The van der Waals surface area contributed by atoms with Crippen molar-refractivity contribution in [2.75, 3.05) is 18.4 Å². The van der Waals surface area contributed by atoms with Gasteiger partial charge in [-0.1, -0.05) is 17.3 Å². The van der Waals surface area contributed by atoms with E-state index in [4.69, 9.17) is 4.52 Å². The highest BCUT2D eigenvalue weighted by Gasteiger charge is 2.25. The van der Waals surface area contributed by atoms with Crippen LogP contribution in [0.3, 0.4) is 0 Å². The predicted octanol–water partition coefficient (Wildman–Crippen LogP) is 2.92. The standard InChI is InChI=1S/C19H21N5O2/c25-19(14-5-9-24(10-6-14)13-17-7-11-26-23-17)21-16-3-1-2-15(12-16)18-4-8-20-22-18/h1-4,7-8,11-12,14H,5-6,9-10,13H2,(H,20,22)(H,21,25). The summed E-state index contributed by atoms with van der Waals surface area (Å²) in [6.45, 7) is 2.55. The van der Waals surface area contributed by atoms with Crippen LogP contribution in [0.2, 0.25) is 0 Å². The quantitative estimate of drug-likeness (QED) is 0.738. The maximum atomic E-state index is 12.6. The van der Waals surface area contributed by atoms with Crippen LogP contribution in [0.4, 0.5) is 5.69 Å². The summed E-state index contributed by atoms with van der Waals surface area (Å²) in [5, 5.41) is 13.9. The van der Waals surface area contributed by atoms with E-state index in [0.29, 0.717) is 0 Å². The number of H-pyrrole nitrogens is 1. The monoisotopic (exact) mass is 351 g/mol. The van der Waals surface area contributed by atoms with E-state index < -0.39 is 0 Å². The minimum Gasteiger partial charge on any atom is -0.364 e. The molecule has 1 amide bonds. The lowest BCUT2D eigenvalue weighted by Crippen LogP contribution is -2.37. The van der Waals surface area contributed by atoms with Gasteiger partial charge in [-0.3, -0.25) is 14.8 Å². The van der Waals surface area contributed by atoms with Gasteiger partial charge in [-0.05, 0) is 44.1 Å². The smallest absolute Gasteiger partial charge is 0.227 e. The van der Waals surface area contributed by atoms with Crippen molar-refractivity contribution < 1.29 is 9.32 Å². The number of rotatable bonds is 5. The molecule has 1 saturated heterocycles. The molecule has 1 fully saturated rings. The van der Waals surface area contributed by atoms with Gasteiger partial charge in [-0.25, -0.2) is 0 Å². The minimum atomic E-state index is 0.0411. The molecule has 0 bridgehead atoms. The van der Waals surface area contributed by atoms with Gasteiger partial charge >= 0.3 is 0 Å². The van der Waals surface area contributed by atoms with Crippen LogP contribution in [0.25, 0.3) is 11.3 Å². The molecule has 134 valence electrons. The number of aromatic amines is 1. The maximum Gasteiger partial charge on any atom is 0.227 e. The van der Waals surface area contributed by atoms with Gasteiger partial charge < -0.3 is 9.84 Å². The van der Waals surface area contributed by atoms with Crippen LogP contribution in [0.1, 0.15) is 18.5 Å². The Morgan fingerprint density at radius 1 is 1.27 bits per heavy atom. The fourth-order valence-electron chi connectivity index (χ4n) is 3.33. The van der Waals surface area contributed by atoms with Crippen LogP contribution in [0.5, 0.6) is 0 Å². The van der Waals surface area contributed by atoms with Crippen LogP contribution >= 0.6 is 0 Å². The number of nitrogens with one attached hydrogen (secondary N) is 2. The third-order valence-electron chi connectivity index (χ3n) is 4.78. The Morgan fingerprint density at radius 2 is 2.15 bits per heavy atom. The first-order chi connectivity index (χ1) is 12.8. The van der Waals surface area contributed by atoms with E-state index in [1.165, 1.54) is 0 Å². The molecule has 0 unspecified atom stereocenters. The Labute approximate surface area is 151 Å². The van der Waals surface area contributed by atoms with E-state index in [0.717, 1.165) is 55.1 Å². The Morgan fingerprint density at radius 3 is 2.88 bits per heavy atom. The number of likely N-dealkylation sites (tertiary alicyclic amines) is 1. The molecule has 3 aromatic rings. The topological polar surface area (TPSA) is 87.0 Å². The molecular formula is C19H21N5O2. The number of hydrogen-bond acceptors (Lipinski definition) is 5. The van der Waals surface area contributed by atoms with Crippen molar-refractivity contribution in [3.63, 3.8) is 0 Å². The summed E-state index contributed by atoms with van der Waals surface area (Å²) < 4.78 is 4.87. The second kappa shape index (κ2) is 7.53. The molecule has 0 atom stereocenters. The molecule has 7 heteroatoms. The van der Waals surface area contributed by atoms with Gasteiger partial charge in [0, 0.05) is 36.0 Å². The average molecular weight is 351 g/mol. The summed E-state index contributed by atoms with van der Waals surface area (Å²) in [6, 6.07) is 11.6. The highest BCUT2D eigenvalue weighted by molar-refractivity contribution is 5.93. The van der Waals surface area contributed by atoms with Crippen molar-refractivity contribution in [2.45, 2.75) is 19.4 Å². The molecule has 0 radical (unpaired) electrons. The first kappa shape index (κ1) is 16.5. The molecule has 0 spiro atoms. The Hall–Kier alpha value is -2.93. The summed E-state index contributed by atoms with van der Waals surface area (Å²) in [6.07, 6.45) is 5.01. The minimum absolute atomic E-state index is 0.0411. The predicted molar refractivity (Wildman–Crippen MR) is 97.2 cm³/mol. The molecule has 1 aromatic carbocycles. The average Bonchev–Trinajstić information content (AvgIpc) is 3.37. The highest BCUT2D eigenvalue weighted by atomic mass is 16.5. The van der Waals surface area contributed by atoms with Gasteiger partial charge in [0.25, 0.3) is 0 Å². The molecule has 4 rings (SSSR count). The summed E-state index contributed by atoms with van der Waals surface area (Å²) in [4.78, 5) is 14.9. The van der Waals surface area contributed by atoms with Crippen molar-refractivity contribution in [3.05, 3.63) is 54.6 Å². The normalized spacial score (nSPS) is 15.8. The third-order valence-corrected chi connectivity index (χ3v) is 4.78. The number of nitrogens with zero attached hydrogens (tertiary/aromatic N) is 3. The van der Waals surface area contributed by atoms with Crippen molar-refractivity contribution in [1.82, 2.24) is 20.3 Å². The van der Waals surface area contributed by atoms with Gasteiger partial charge in [0.1, 0.15) is 6.26 Å². The van der Waals surface area contributed by atoms with Crippen LogP contribution < -0.4 is 5.32 Å². The highest BCUT2D eigenvalue weighted by Crippen LogP contribution is 2.23. The number of benzene rings is 1. The van der Waals surface area contributed by atoms with Gasteiger partial charge in [0.2, 0.25) is 5.91 Å². The van der Waals surface area contributed by atoms with E-state index in [1.807, 2.05) is 36.4 Å². The number of aromatic nitrogens is 3. The first-order valence-corrected chi connectivity index (χ1v) is 8.80. The summed E-state index contributed by atoms with van der Waals surface area (Å²) in [5.74, 6) is 0.132. The molecule has 3 heterocycles. The van der Waals surface area contributed by atoms with Crippen molar-refractivity contribution in [3.8, 4) is 11.3 Å². The van der Waals surface area contributed by atoms with Gasteiger partial charge in [0.15, 0.2) is 0 Å². The van der Waals surface area contributed by atoms with Crippen molar-refractivity contribution in [2.24, 2.45) is 5.92 Å². The molecule has 1 aliphatic heterocycles. The zero-order valence-corrected chi connectivity index (χ0v) is 14.4. The number of carbonyl (C=O) groups excluding carboxylic acids is 1. The van der Waals surface area contributed by atoms with Crippen molar-refractivity contribution in [1.29, 1.82) is 0 Å². The van der Waals surface area contributed by atoms with Gasteiger partial charge in [0.05, 0.1) is 11.4 Å². The van der Waals surface area contributed by atoms with Crippen LogP contribution in [0.15, 0.2) is 53.4 Å². The molecule has 7 nitrogen and oxygen atoms in total. The SMILES string of the molecule is O=C(Nc1cccc(-c2ccn[nH]2)c1)C1CCN(Cc2ccon2)CC1. The summed E-state index contributed by atoms with van der Waals surface area (Å²) in [5.41, 5.74) is 3.68. The molecule has 26 heavy (non-hydrogen) atoms. The van der Waals surface area contributed by atoms with Crippen molar-refractivity contribution >= 4 is 11.6 Å². The lowest BCUT2D eigenvalue weighted by atomic mass is 9.95. The van der Waals surface area contributed by atoms with Gasteiger partial charge in [-0.15, -0.1) is 0 Å². The van der Waals surface area contributed by atoms with Crippen LogP contribution in [-0.4, -0.2) is 39.3 Å². The Kier molecular flexibility index (Phi) is 4.79. The third kappa shape index (κ3) is 3.83. The number of hydrogen-bond donors (Lipinski definition) is 2. The number of amides is 1. The van der Waals surface area contributed by atoms with E-state index >= 15 is 0 Å². The fraction of sp³-hybridized carbons (Fsp3) is 0.316. The number of carbonyl (C=O) groups is 1.